The van der Waals surface area contributed by atoms with Gasteiger partial charge in [0, 0.05) is 5.92 Å². The molecule has 0 aliphatic heterocycles. The molecule has 1 aliphatic rings. The number of hydrogen-bond donors (Lipinski definition) is 0. The van der Waals surface area contributed by atoms with Crippen molar-refractivity contribution in [2.75, 3.05) is 0 Å². The van der Waals surface area contributed by atoms with E-state index in [4.69, 9.17) is 11.6 Å². The Morgan fingerprint density at radius 3 is 2.59 bits per heavy atom. The summed E-state index contributed by atoms with van der Waals surface area (Å²) in [6.07, 6.45) is 2.42. The zero-order valence-electron chi connectivity index (χ0n) is 9.73. The van der Waals surface area contributed by atoms with Crippen molar-refractivity contribution < 1.29 is 0 Å². The Hall–Kier alpha value is -1.35. The van der Waals surface area contributed by atoms with Crippen LogP contribution >= 0.6 is 11.6 Å². The molecule has 0 atom stereocenters. The molecule has 88 valence electrons. The lowest BCUT2D eigenvalue weighted by Crippen LogP contribution is -2.04. The van der Waals surface area contributed by atoms with E-state index in [2.05, 4.69) is 41.4 Å². The Balaban J connectivity index is 1.89. The molecule has 4 heteroatoms. The molecule has 0 saturated heterocycles. The zero-order chi connectivity index (χ0) is 11.8. The highest BCUT2D eigenvalue weighted by Gasteiger charge is 2.29. The van der Waals surface area contributed by atoms with E-state index in [9.17, 15) is 0 Å². The highest BCUT2D eigenvalue weighted by atomic mass is 35.5. The standard InChI is InChI=1S/C13H14ClN3/c1-9-2-4-10(5-3-9)8-17-12(11-6-7-11)15-16-13(17)14/h2-5,11H,6-8H2,1H3. The van der Waals surface area contributed by atoms with Crippen LogP contribution in [0.3, 0.4) is 0 Å². The summed E-state index contributed by atoms with van der Waals surface area (Å²) >= 11 is 6.09. The SMILES string of the molecule is Cc1ccc(Cn2c(Cl)nnc2C2CC2)cc1. The van der Waals surface area contributed by atoms with E-state index in [1.54, 1.807) is 0 Å². The highest BCUT2D eigenvalue weighted by Crippen LogP contribution is 2.39. The summed E-state index contributed by atoms with van der Waals surface area (Å²) in [6, 6.07) is 8.49. The summed E-state index contributed by atoms with van der Waals surface area (Å²) in [5.74, 6) is 1.61. The molecule has 1 fully saturated rings. The lowest BCUT2D eigenvalue weighted by Gasteiger charge is -2.07. The summed E-state index contributed by atoms with van der Waals surface area (Å²) in [6.45, 7) is 2.85. The van der Waals surface area contributed by atoms with E-state index < -0.39 is 0 Å². The van der Waals surface area contributed by atoms with Gasteiger partial charge in [0.25, 0.3) is 0 Å². The Labute approximate surface area is 105 Å². The van der Waals surface area contributed by atoms with Crippen LogP contribution in [0.15, 0.2) is 24.3 Å². The maximum absolute atomic E-state index is 6.09. The largest absolute Gasteiger partial charge is 0.297 e. The average Bonchev–Trinajstić information content (AvgIpc) is 3.10. The number of aromatic nitrogens is 3. The van der Waals surface area contributed by atoms with Gasteiger partial charge in [-0.15, -0.1) is 10.2 Å². The molecule has 1 aromatic heterocycles. The summed E-state index contributed by atoms with van der Waals surface area (Å²) in [5.41, 5.74) is 2.50. The normalized spacial score (nSPS) is 15.2. The molecular formula is C13H14ClN3. The van der Waals surface area contributed by atoms with Gasteiger partial charge in [-0.1, -0.05) is 29.8 Å². The van der Waals surface area contributed by atoms with Gasteiger partial charge in [0.1, 0.15) is 5.82 Å². The molecule has 2 aromatic rings. The molecule has 0 radical (unpaired) electrons. The van der Waals surface area contributed by atoms with Crippen LogP contribution in [0, 0.1) is 6.92 Å². The summed E-state index contributed by atoms with van der Waals surface area (Å²) in [7, 11) is 0. The number of aryl methyl sites for hydroxylation is 1. The van der Waals surface area contributed by atoms with Crippen molar-refractivity contribution in [3.8, 4) is 0 Å². The van der Waals surface area contributed by atoms with E-state index >= 15 is 0 Å². The Morgan fingerprint density at radius 1 is 1.24 bits per heavy atom. The third-order valence-corrected chi connectivity index (χ3v) is 3.42. The summed E-state index contributed by atoms with van der Waals surface area (Å²) in [5, 5.41) is 8.64. The van der Waals surface area contributed by atoms with Crippen molar-refractivity contribution in [3.05, 3.63) is 46.5 Å². The Morgan fingerprint density at radius 2 is 1.94 bits per heavy atom. The van der Waals surface area contributed by atoms with Gasteiger partial charge in [-0.3, -0.25) is 4.57 Å². The minimum absolute atomic E-state index is 0.493. The van der Waals surface area contributed by atoms with Crippen molar-refractivity contribution >= 4 is 11.6 Å². The predicted octanol–water partition coefficient (Wildman–Crippen LogP) is 3.17. The molecule has 1 saturated carbocycles. The molecular weight excluding hydrogens is 234 g/mol. The number of nitrogens with zero attached hydrogens (tertiary/aromatic N) is 3. The van der Waals surface area contributed by atoms with Crippen molar-refractivity contribution in [2.45, 2.75) is 32.2 Å². The van der Waals surface area contributed by atoms with Crippen LogP contribution in [-0.4, -0.2) is 14.8 Å². The first-order valence-corrected chi connectivity index (χ1v) is 6.26. The fourth-order valence-corrected chi connectivity index (χ4v) is 2.14. The van der Waals surface area contributed by atoms with Gasteiger partial charge in [-0.25, -0.2) is 0 Å². The second-order valence-electron chi connectivity index (χ2n) is 4.67. The van der Waals surface area contributed by atoms with Crippen LogP contribution in [0.1, 0.15) is 35.7 Å². The van der Waals surface area contributed by atoms with Gasteiger partial charge >= 0.3 is 0 Å². The van der Waals surface area contributed by atoms with Crippen LogP contribution in [-0.2, 0) is 6.54 Å². The Kier molecular flexibility index (Phi) is 2.63. The lowest BCUT2D eigenvalue weighted by molar-refractivity contribution is 0.727. The maximum Gasteiger partial charge on any atom is 0.225 e. The highest BCUT2D eigenvalue weighted by molar-refractivity contribution is 6.28. The van der Waals surface area contributed by atoms with Gasteiger partial charge in [-0.05, 0) is 36.9 Å². The first kappa shape index (κ1) is 10.8. The lowest BCUT2D eigenvalue weighted by atomic mass is 10.1. The molecule has 3 rings (SSSR count). The second-order valence-corrected chi connectivity index (χ2v) is 5.01. The van der Waals surface area contributed by atoms with Crippen molar-refractivity contribution in [1.29, 1.82) is 0 Å². The van der Waals surface area contributed by atoms with Gasteiger partial charge in [0.15, 0.2) is 0 Å². The fraction of sp³-hybridized carbons (Fsp3) is 0.385. The maximum atomic E-state index is 6.09. The molecule has 0 amide bonds. The van der Waals surface area contributed by atoms with E-state index in [1.165, 1.54) is 24.0 Å². The van der Waals surface area contributed by atoms with E-state index in [0.717, 1.165) is 12.4 Å². The average molecular weight is 248 g/mol. The zero-order valence-corrected chi connectivity index (χ0v) is 10.5. The fourth-order valence-electron chi connectivity index (χ4n) is 1.96. The Bertz CT molecular complexity index is 526. The molecule has 0 N–H and O–H groups in total. The van der Waals surface area contributed by atoms with Gasteiger partial charge < -0.3 is 0 Å². The summed E-state index contributed by atoms with van der Waals surface area (Å²) < 4.78 is 2.02. The smallest absolute Gasteiger partial charge is 0.225 e. The van der Waals surface area contributed by atoms with Crippen LogP contribution in [0.5, 0.6) is 0 Å². The molecule has 1 aliphatic carbocycles. The number of rotatable bonds is 3. The minimum atomic E-state index is 0.493. The molecule has 1 heterocycles. The third kappa shape index (κ3) is 2.20. The van der Waals surface area contributed by atoms with Gasteiger partial charge in [0.05, 0.1) is 6.54 Å². The van der Waals surface area contributed by atoms with Crippen LogP contribution in [0.25, 0.3) is 0 Å². The minimum Gasteiger partial charge on any atom is -0.297 e. The first-order chi connectivity index (χ1) is 8.24. The number of halogens is 1. The van der Waals surface area contributed by atoms with Crippen LogP contribution in [0.2, 0.25) is 5.28 Å². The van der Waals surface area contributed by atoms with E-state index in [-0.39, 0.29) is 0 Å². The van der Waals surface area contributed by atoms with Crippen molar-refractivity contribution in [3.63, 3.8) is 0 Å². The molecule has 0 spiro atoms. The molecule has 1 aromatic carbocycles. The van der Waals surface area contributed by atoms with Crippen molar-refractivity contribution in [1.82, 2.24) is 14.8 Å². The molecule has 0 bridgehead atoms. The molecule has 3 nitrogen and oxygen atoms in total. The quantitative estimate of drug-likeness (QED) is 0.834. The topological polar surface area (TPSA) is 30.7 Å². The van der Waals surface area contributed by atoms with Gasteiger partial charge in [-0.2, -0.15) is 0 Å². The van der Waals surface area contributed by atoms with Crippen LogP contribution in [0.4, 0.5) is 0 Å². The van der Waals surface area contributed by atoms with Gasteiger partial charge in [0.2, 0.25) is 5.28 Å². The summed E-state index contributed by atoms with van der Waals surface area (Å²) in [4.78, 5) is 0. The van der Waals surface area contributed by atoms with E-state index in [0.29, 0.717) is 11.2 Å². The monoisotopic (exact) mass is 247 g/mol. The second kappa shape index (κ2) is 4.15. The molecule has 0 unspecified atom stereocenters. The number of hydrogen-bond acceptors (Lipinski definition) is 2. The molecule has 17 heavy (non-hydrogen) atoms. The number of benzene rings is 1. The van der Waals surface area contributed by atoms with E-state index in [1.807, 2.05) is 4.57 Å². The predicted molar refractivity (Wildman–Crippen MR) is 67.3 cm³/mol. The first-order valence-electron chi connectivity index (χ1n) is 5.88. The third-order valence-electron chi connectivity index (χ3n) is 3.14. The van der Waals surface area contributed by atoms with Crippen molar-refractivity contribution in [2.24, 2.45) is 0 Å². The van der Waals surface area contributed by atoms with Crippen LogP contribution < -0.4 is 0 Å².